The zero-order valence-corrected chi connectivity index (χ0v) is 17.5. The average Bonchev–Trinajstić information content (AvgIpc) is 2.73. The van der Waals surface area contributed by atoms with Crippen molar-refractivity contribution in [2.24, 2.45) is 0 Å². The lowest BCUT2D eigenvalue weighted by molar-refractivity contribution is -0.114. The van der Waals surface area contributed by atoms with Crippen molar-refractivity contribution in [3.63, 3.8) is 0 Å². The van der Waals surface area contributed by atoms with Gasteiger partial charge in [-0.2, -0.15) is 4.31 Å². The van der Waals surface area contributed by atoms with Gasteiger partial charge in [-0.25, -0.2) is 13.2 Å². The van der Waals surface area contributed by atoms with Gasteiger partial charge in [0.25, 0.3) is 0 Å². The molecule has 8 nitrogen and oxygen atoms in total. The fourth-order valence-corrected chi connectivity index (χ4v) is 4.24. The maximum Gasteiger partial charge on any atom is 0.339 e. The molecule has 0 heterocycles. The smallest absolute Gasteiger partial charge is 0.339 e. The molecule has 0 spiro atoms. The number of hydrogen-bond acceptors (Lipinski definition) is 6. The van der Waals surface area contributed by atoms with E-state index in [0.29, 0.717) is 24.5 Å². The van der Waals surface area contributed by atoms with E-state index in [1.807, 2.05) is 0 Å². The fraction of sp³-hybridized carbons (Fsp3) is 0.300. The van der Waals surface area contributed by atoms with E-state index in [-0.39, 0.29) is 17.0 Å². The standard InChI is InChI=1S/C20H25N3O5S/c1-4-23(5-2)29(26,27)16-10-8-9-15(13-16)21-14-19(24)22-18-12-7-6-11-17(18)20(25)28-3/h6-13,21H,4-5,14H2,1-3H3,(H,22,24). The predicted molar refractivity (Wildman–Crippen MR) is 111 cm³/mol. The van der Waals surface area contributed by atoms with Crippen molar-refractivity contribution in [3.8, 4) is 0 Å². The zero-order chi connectivity index (χ0) is 21.4. The summed E-state index contributed by atoms with van der Waals surface area (Å²) in [6.07, 6.45) is 0. The van der Waals surface area contributed by atoms with Crippen LogP contribution in [0.3, 0.4) is 0 Å². The minimum Gasteiger partial charge on any atom is -0.465 e. The molecule has 1 amide bonds. The number of nitrogens with one attached hydrogen (secondary N) is 2. The molecule has 0 aromatic heterocycles. The van der Waals surface area contributed by atoms with Gasteiger partial charge in [-0.05, 0) is 30.3 Å². The van der Waals surface area contributed by atoms with Crippen LogP contribution in [0.25, 0.3) is 0 Å². The molecule has 0 atom stereocenters. The predicted octanol–water partition coefficient (Wildman–Crippen LogP) is 2.55. The summed E-state index contributed by atoms with van der Waals surface area (Å²) < 4.78 is 31.3. The monoisotopic (exact) mass is 419 g/mol. The van der Waals surface area contributed by atoms with Crippen LogP contribution >= 0.6 is 0 Å². The maximum atomic E-state index is 12.6. The molecule has 0 unspecified atom stereocenters. The number of anilines is 2. The van der Waals surface area contributed by atoms with Gasteiger partial charge in [-0.15, -0.1) is 0 Å². The van der Waals surface area contributed by atoms with Crippen LogP contribution in [0.15, 0.2) is 53.4 Å². The molecule has 2 aromatic rings. The summed E-state index contributed by atoms with van der Waals surface area (Å²) in [7, 11) is -2.32. The number of ether oxygens (including phenoxy) is 1. The largest absolute Gasteiger partial charge is 0.465 e. The first-order valence-electron chi connectivity index (χ1n) is 9.14. The van der Waals surface area contributed by atoms with Gasteiger partial charge < -0.3 is 15.4 Å². The van der Waals surface area contributed by atoms with Crippen LogP contribution in [0.5, 0.6) is 0 Å². The van der Waals surface area contributed by atoms with Gasteiger partial charge in [0.1, 0.15) is 0 Å². The van der Waals surface area contributed by atoms with Gasteiger partial charge in [0.05, 0.1) is 29.8 Å². The number of rotatable bonds is 9. The number of nitrogens with zero attached hydrogens (tertiary/aromatic N) is 1. The summed E-state index contributed by atoms with van der Waals surface area (Å²) in [6.45, 7) is 4.20. The van der Waals surface area contributed by atoms with Crippen LogP contribution < -0.4 is 10.6 Å². The Bertz CT molecular complexity index is 972. The Morgan fingerprint density at radius 3 is 2.38 bits per heavy atom. The Balaban J connectivity index is 2.08. The van der Waals surface area contributed by atoms with E-state index in [4.69, 9.17) is 4.74 Å². The van der Waals surface area contributed by atoms with Crippen molar-refractivity contribution >= 4 is 33.3 Å². The maximum absolute atomic E-state index is 12.6. The number of hydrogen-bond donors (Lipinski definition) is 2. The number of amides is 1. The number of para-hydroxylation sites is 1. The fourth-order valence-electron chi connectivity index (χ4n) is 2.74. The highest BCUT2D eigenvalue weighted by Gasteiger charge is 2.21. The SMILES string of the molecule is CCN(CC)S(=O)(=O)c1cccc(NCC(=O)Nc2ccccc2C(=O)OC)c1. The first-order chi connectivity index (χ1) is 13.8. The quantitative estimate of drug-likeness (QED) is 0.605. The van der Waals surface area contributed by atoms with Crippen LogP contribution in [0.4, 0.5) is 11.4 Å². The van der Waals surface area contributed by atoms with Crippen molar-refractivity contribution in [2.75, 3.05) is 37.4 Å². The van der Waals surface area contributed by atoms with Crippen LogP contribution in [-0.2, 0) is 19.6 Å². The van der Waals surface area contributed by atoms with Crippen LogP contribution in [0.2, 0.25) is 0 Å². The molecule has 0 saturated carbocycles. The van der Waals surface area contributed by atoms with Crippen molar-refractivity contribution in [1.29, 1.82) is 0 Å². The second-order valence-corrected chi connectivity index (χ2v) is 7.99. The van der Waals surface area contributed by atoms with Crippen molar-refractivity contribution in [3.05, 3.63) is 54.1 Å². The molecule has 0 aliphatic rings. The van der Waals surface area contributed by atoms with Gasteiger partial charge in [0, 0.05) is 18.8 Å². The minimum absolute atomic E-state index is 0.107. The second-order valence-electron chi connectivity index (χ2n) is 6.06. The lowest BCUT2D eigenvalue weighted by Crippen LogP contribution is -2.30. The number of carbonyl (C=O) groups is 2. The molecule has 0 aliphatic carbocycles. The molecule has 2 aromatic carbocycles. The van der Waals surface area contributed by atoms with Crippen LogP contribution in [0.1, 0.15) is 24.2 Å². The number of methoxy groups -OCH3 is 1. The third kappa shape index (κ3) is 5.55. The van der Waals surface area contributed by atoms with Crippen molar-refractivity contribution in [2.45, 2.75) is 18.7 Å². The normalized spacial score (nSPS) is 11.2. The zero-order valence-electron chi connectivity index (χ0n) is 16.6. The molecule has 0 fully saturated rings. The molecular weight excluding hydrogens is 394 g/mol. The third-order valence-corrected chi connectivity index (χ3v) is 6.28. The molecule has 0 aliphatic heterocycles. The topological polar surface area (TPSA) is 105 Å². The van der Waals surface area contributed by atoms with Crippen LogP contribution in [0, 0.1) is 0 Å². The number of sulfonamides is 1. The van der Waals surface area contributed by atoms with Gasteiger partial charge in [-0.1, -0.05) is 32.0 Å². The minimum atomic E-state index is -3.59. The van der Waals surface area contributed by atoms with Gasteiger partial charge in [0.2, 0.25) is 15.9 Å². The first-order valence-corrected chi connectivity index (χ1v) is 10.6. The Morgan fingerprint density at radius 2 is 1.72 bits per heavy atom. The van der Waals surface area contributed by atoms with E-state index in [1.165, 1.54) is 23.5 Å². The summed E-state index contributed by atoms with van der Waals surface area (Å²) in [4.78, 5) is 24.2. The van der Waals surface area contributed by atoms with E-state index in [2.05, 4.69) is 10.6 Å². The third-order valence-electron chi connectivity index (χ3n) is 4.24. The van der Waals surface area contributed by atoms with Crippen LogP contribution in [-0.4, -0.2) is 51.3 Å². The van der Waals surface area contributed by atoms with Crippen molar-refractivity contribution in [1.82, 2.24) is 4.31 Å². The van der Waals surface area contributed by atoms with Crippen molar-refractivity contribution < 1.29 is 22.7 Å². The van der Waals surface area contributed by atoms with Gasteiger partial charge in [0.15, 0.2) is 0 Å². The average molecular weight is 420 g/mol. The van der Waals surface area contributed by atoms with E-state index in [1.54, 1.807) is 50.2 Å². The molecule has 0 radical (unpaired) electrons. The number of carbonyl (C=O) groups excluding carboxylic acids is 2. The highest BCUT2D eigenvalue weighted by Crippen LogP contribution is 2.20. The molecule has 2 N–H and O–H groups in total. The van der Waals surface area contributed by atoms with E-state index in [9.17, 15) is 18.0 Å². The molecule has 0 saturated heterocycles. The summed E-state index contributed by atoms with van der Waals surface area (Å²) in [5.41, 5.74) is 1.08. The van der Waals surface area contributed by atoms with Gasteiger partial charge in [-0.3, -0.25) is 4.79 Å². The first kappa shape index (κ1) is 22.4. The summed E-state index contributed by atoms with van der Waals surface area (Å²) in [5, 5.41) is 5.55. The molecule has 29 heavy (non-hydrogen) atoms. The molecule has 9 heteroatoms. The summed E-state index contributed by atoms with van der Waals surface area (Å²) >= 11 is 0. The van der Waals surface area contributed by atoms with Gasteiger partial charge >= 0.3 is 5.97 Å². The number of esters is 1. The highest BCUT2D eigenvalue weighted by atomic mass is 32.2. The summed E-state index contributed by atoms with van der Waals surface area (Å²) in [5.74, 6) is -0.943. The Labute approximate surface area is 170 Å². The van der Waals surface area contributed by atoms with E-state index >= 15 is 0 Å². The summed E-state index contributed by atoms with van der Waals surface area (Å²) in [6, 6.07) is 12.8. The Hall–Kier alpha value is -2.91. The lowest BCUT2D eigenvalue weighted by Gasteiger charge is -2.19. The lowest BCUT2D eigenvalue weighted by atomic mass is 10.2. The van der Waals surface area contributed by atoms with E-state index in [0.717, 1.165) is 0 Å². The highest BCUT2D eigenvalue weighted by molar-refractivity contribution is 7.89. The molecule has 156 valence electrons. The Morgan fingerprint density at radius 1 is 1.03 bits per heavy atom. The molecule has 0 bridgehead atoms. The molecular formula is C20H25N3O5S. The second kappa shape index (κ2) is 10.0. The molecule has 2 rings (SSSR count). The number of benzene rings is 2. The van der Waals surface area contributed by atoms with E-state index < -0.39 is 21.9 Å². The Kier molecular flexibility index (Phi) is 7.74.